The fourth-order valence-corrected chi connectivity index (χ4v) is 1.13. The predicted molar refractivity (Wildman–Crippen MR) is 52.3 cm³/mol. The molecule has 2 N–H and O–H groups in total. The van der Waals surface area contributed by atoms with E-state index in [1.54, 1.807) is 42.5 Å². The van der Waals surface area contributed by atoms with Crippen LogP contribution in [0.25, 0.3) is 5.82 Å². The second kappa shape index (κ2) is 3.37. The molecular weight excluding hydrogens is 180 g/mol. The van der Waals surface area contributed by atoms with Crippen LogP contribution in [-0.2, 0) is 0 Å². The van der Waals surface area contributed by atoms with E-state index in [0.717, 1.165) is 0 Å². The van der Waals surface area contributed by atoms with E-state index in [0.29, 0.717) is 17.3 Å². The minimum atomic E-state index is 0.582. The van der Waals surface area contributed by atoms with Crippen molar-refractivity contribution in [3.8, 4) is 11.6 Å². The van der Waals surface area contributed by atoms with Gasteiger partial charge in [0.25, 0.3) is 0 Å². The molecule has 0 amide bonds. The molecule has 2 rings (SSSR count). The number of nitrogen functional groups attached to an aromatic ring is 1. The van der Waals surface area contributed by atoms with Crippen molar-refractivity contribution in [1.82, 2.24) is 14.8 Å². The monoisotopic (exact) mass is 190 g/mol. The van der Waals surface area contributed by atoms with Crippen LogP contribution < -0.4 is 10.5 Å². The van der Waals surface area contributed by atoms with Crippen LogP contribution in [0.15, 0.2) is 30.7 Å². The number of nitrogens with two attached hydrogens (primary N) is 1. The largest absolute Gasteiger partial charge is 0.493 e. The quantitative estimate of drug-likeness (QED) is 0.762. The van der Waals surface area contributed by atoms with Gasteiger partial charge < -0.3 is 10.5 Å². The van der Waals surface area contributed by atoms with Crippen LogP contribution in [0.4, 0.5) is 5.69 Å². The molecule has 2 heterocycles. The van der Waals surface area contributed by atoms with Gasteiger partial charge in [0.15, 0.2) is 11.6 Å². The minimum absolute atomic E-state index is 0.582. The van der Waals surface area contributed by atoms with E-state index in [1.165, 1.54) is 0 Å². The number of anilines is 1. The first-order chi connectivity index (χ1) is 6.81. The molecule has 0 radical (unpaired) electrons. The lowest BCUT2D eigenvalue weighted by molar-refractivity contribution is 0.414. The molecular formula is C9H10N4O. The van der Waals surface area contributed by atoms with Crippen LogP contribution >= 0.6 is 0 Å². The van der Waals surface area contributed by atoms with Crippen molar-refractivity contribution < 1.29 is 4.74 Å². The fraction of sp³-hybridized carbons (Fsp3) is 0.111. The molecule has 0 saturated heterocycles. The lowest BCUT2D eigenvalue weighted by atomic mass is 10.4. The number of nitrogens with zero attached hydrogens (tertiary/aromatic N) is 3. The van der Waals surface area contributed by atoms with E-state index in [2.05, 4.69) is 10.1 Å². The molecule has 5 nitrogen and oxygen atoms in total. The van der Waals surface area contributed by atoms with E-state index < -0.39 is 0 Å². The molecule has 0 aromatic carbocycles. The summed E-state index contributed by atoms with van der Waals surface area (Å²) in [6, 6.07) is 3.55. The molecule has 0 aliphatic carbocycles. The number of rotatable bonds is 2. The summed E-state index contributed by atoms with van der Waals surface area (Å²) in [6.07, 6.45) is 4.99. The first-order valence-electron chi connectivity index (χ1n) is 4.11. The molecule has 72 valence electrons. The molecule has 0 fully saturated rings. The highest BCUT2D eigenvalue weighted by Gasteiger charge is 2.04. The zero-order valence-electron chi connectivity index (χ0n) is 7.71. The molecule has 0 bridgehead atoms. The molecule has 0 saturated carbocycles. The lowest BCUT2D eigenvalue weighted by Crippen LogP contribution is -2.02. The van der Waals surface area contributed by atoms with Gasteiger partial charge in [-0.25, -0.2) is 9.67 Å². The Hall–Kier alpha value is -2.04. The molecule has 2 aromatic heterocycles. The fourth-order valence-electron chi connectivity index (χ4n) is 1.13. The average molecular weight is 190 g/mol. The van der Waals surface area contributed by atoms with Gasteiger partial charge in [0.2, 0.25) is 0 Å². The summed E-state index contributed by atoms with van der Waals surface area (Å²) in [7, 11) is 1.59. The van der Waals surface area contributed by atoms with Gasteiger partial charge in [-0.15, -0.1) is 0 Å². The summed E-state index contributed by atoms with van der Waals surface area (Å²) >= 11 is 0. The van der Waals surface area contributed by atoms with Crippen molar-refractivity contribution in [1.29, 1.82) is 0 Å². The van der Waals surface area contributed by atoms with Crippen LogP contribution in [-0.4, -0.2) is 21.9 Å². The van der Waals surface area contributed by atoms with Gasteiger partial charge in [-0.05, 0) is 12.1 Å². The molecule has 14 heavy (non-hydrogen) atoms. The Morgan fingerprint density at radius 1 is 1.50 bits per heavy atom. The Labute approximate surface area is 81.1 Å². The second-order valence-electron chi connectivity index (χ2n) is 2.74. The zero-order valence-corrected chi connectivity index (χ0v) is 7.71. The number of ether oxygens (including phenoxy) is 1. The number of hydrogen-bond donors (Lipinski definition) is 1. The van der Waals surface area contributed by atoms with Gasteiger partial charge >= 0.3 is 0 Å². The van der Waals surface area contributed by atoms with Crippen LogP contribution in [0, 0.1) is 0 Å². The Balaban J connectivity index is 2.44. The van der Waals surface area contributed by atoms with Crippen LogP contribution in [0.2, 0.25) is 0 Å². The first kappa shape index (κ1) is 8.55. The topological polar surface area (TPSA) is 66.0 Å². The molecule has 0 atom stereocenters. The van der Waals surface area contributed by atoms with Crippen LogP contribution in [0.5, 0.6) is 5.75 Å². The van der Waals surface area contributed by atoms with Gasteiger partial charge in [0.05, 0.1) is 25.2 Å². The molecule has 0 spiro atoms. The number of hydrogen-bond acceptors (Lipinski definition) is 4. The van der Waals surface area contributed by atoms with Crippen LogP contribution in [0.1, 0.15) is 0 Å². The second-order valence-corrected chi connectivity index (χ2v) is 2.74. The van der Waals surface area contributed by atoms with Gasteiger partial charge in [0.1, 0.15) is 0 Å². The van der Waals surface area contributed by atoms with E-state index in [9.17, 15) is 0 Å². The summed E-state index contributed by atoms with van der Waals surface area (Å²) in [6.45, 7) is 0. The summed E-state index contributed by atoms with van der Waals surface area (Å²) < 4.78 is 6.58. The van der Waals surface area contributed by atoms with Crippen molar-refractivity contribution in [2.24, 2.45) is 0 Å². The van der Waals surface area contributed by atoms with E-state index in [-0.39, 0.29) is 0 Å². The number of pyridine rings is 1. The predicted octanol–water partition coefficient (Wildman–Crippen LogP) is 0.858. The Morgan fingerprint density at radius 3 is 3.00 bits per heavy atom. The van der Waals surface area contributed by atoms with Gasteiger partial charge in [0, 0.05) is 6.20 Å². The van der Waals surface area contributed by atoms with E-state index >= 15 is 0 Å². The van der Waals surface area contributed by atoms with Crippen molar-refractivity contribution in [2.75, 3.05) is 12.8 Å². The third-order valence-corrected chi connectivity index (χ3v) is 1.83. The highest BCUT2D eigenvalue weighted by Crippen LogP contribution is 2.15. The van der Waals surface area contributed by atoms with Crippen molar-refractivity contribution in [2.45, 2.75) is 0 Å². The van der Waals surface area contributed by atoms with Crippen molar-refractivity contribution in [3.05, 3.63) is 30.7 Å². The third kappa shape index (κ3) is 1.39. The molecule has 0 aliphatic heterocycles. The van der Waals surface area contributed by atoms with Crippen molar-refractivity contribution in [3.63, 3.8) is 0 Å². The molecule has 2 aromatic rings. The molecule has 5 heteroatoms. The highest BCUT2D eigenvalue weighted by molar-refractivity contribution is 5.52. The minimum Gasteiger partial charge on any atom is -0.493 e. The van der Waals surface area contributed by atoms with Crippen LogP contribution in [0.3, 0.4) is 0 Å². The summed E-state index contributed by atoms with van der Waals surface area (Å²) in [5.41, 5.74) is 6.32. The normalized spacial score (nSPS) is 10.1. The number of methoxy groups -OCH3 is 1. The third-order valence-electron chi connectivity index (χ3n) is 1.83. The molecule has 0 unspecified atom stereocenters. The van der Waals surface area contributed by atoms with E-state index in [1.807, 2.05) is 0 Å². The van der Waals surface area contributed by atoms with Gasteiger partial charge in [-0.1, -0.05) is 0 Å². The first-order valence-corrected chi connectivity index (χ1v) is 4.11. The lowest BCUT2D eigenvalue weighted by Gasteiger charge is -2.02. The Kier molecular flexibility index (Phi) is 2.06. The summed E-state index contributed by atoms with van der Waals surface area (Å²) in [5, 5.41) is 4.07. The maximum atomic E-state index is 5.74. The summed E-state index contributed by atoms with van der Waals surface area (Å²) in [5.74, 6) is 1.28. The molecule has 0 aliphatic rings. The zero-order chi connectivity index (χ0) is 9.97. The average Bonchev–Trinajstić information content (AvgIpc) is 2.67. The maximum Gasteiger partial charge on any atom is 0.176 e. The smallest absolute Gasteiger partial charge is 0.176 e. The SMILES string of the molecule is COc1cnn(-c2ncccc2N)c1. The van der Waals surface area contributed by atoms with E-state index in [4.69, 9.17) is 10.5 Å². The highest BCUT2D eigenvalue weighted by atomic mass is 16.5. The van der Waals surface area contributed by atoms with Gasteiger partial charge in [-0.3, -0.25) is 0 Å². The van der Waals surface area contributed by atoms with Crippen molar-refractivity contribution >= 4 is 5.69 Å². The van der Waals surface area contributed by atoms with Gasteiger partial charge in [-0.2, -0.15) is 5.10 Å². The standard InChI is InChI=1S/C9H10N4O/c1-14-7-5-12-13(6-7)9-8(10)3-2-4-11-9/h2-6H,10H2,1H3. The Morgan fingerprint density at radius 2 is 2.36 bits per heavy atom. The summed E-state index contributed by atoms with van der Waals surface area (Å²) in [4.78, 5) is 4.12. The maximum absolute atomic E-state index is 5.74. The Bertz CT molecular complexity index is 438. The number of aromatic nitrogens is 3.